The molecule has 8 heteroatoms. The number of ether oxygens (including phenoxy) is 1. The van der Waals surface area contributed by atoms with Crippen LogP contribution >= 0.6 is 0 Å². The molecular weight excluding hydrogens is 449 g/mol. The third-order valence-corrected chi connectivity index (χ3v) is 6.35. The number of esters is 1. The first-order valence-corrected chi connectivity index (χ1v) is 11.9. The average Bonchev–Trinajstić information content (AvgIpc) is 3.24. The maximum atomic E-state index is 13.3. The molecule has 1 fully saturated rings. The highest BCUT2D eigenvalue weighted by atomic mass is 19.1. The number of benzene rings is 2. The second-order valence-electron chi connectivity index (χ2n) is 9.45. The Bertz CT molecular complexity index is 1200. The van der Waals surface area contributed by atoms with Crippen LogP contribution in [-0.2, 0) is 20.7 Å². The van der Waals surface area contributed by atoms with Crippen LogP contribution in [0.4, 0.5) is 4.39 Å². The zero-order valence-corrected chi connectivity index (χ0v) is 19.9. The van der Waals surface area contributed by atoms with Crippen LogP contribution in [0.1, 0.15) is 36.2 Å². The number of likely N-dealkylation sites (tertiary alicyclic amines) is 1. The number of nitrogens with zero attached hydrogens (tertiary/aromatic N) is 1. The van der Waals surface area contributed by atoms with Crippen molar-refractivity contribution in [3.05, 3.63) is 71.7 Å². The summed E-state index contributed by atoms with van der Waals surface area (Å²) in [6.45, 7) is 5.10. The van der Waals surface area contributed by atoms with Gasteiger partial charge in [0.1, 0.15) is 11.9 Å². The van der Waals surface area contributed by atoms with Crippen molar-refractivity contribution in [3.63, 3.8) is 0 Å². The molecule has 1 aliphatic heterocycles. The summed E-state index contributed by atoms with van der Waals surface area (Å²) in [6.07, 6.45) is 3.02. The van der Waals surface area contributed by atoms with Crippen LogP contribution in [0.25, 0.3) is 10.9 Å². The van der Waals surface area contributed by atoms with E-state index >= 15 is 0 Å². The van der Waals surface area contributed by atoms with Crippen molar-refractivity contribution < 1.29 is 23.5 Å². The summed E-state index contributed by atoms with van der Waals surface area (Å²) < 4.78 is 18.7. The topological polar surface area (TPSA) is 91.5 Å². The predicted octanol–water partition coefficient (Wildman–Crippen LogP) is 3.70. The zero-order valence-electron chi connectivity index (χ0n) is 19.9. The van der Waals surface area contributed by atoms with Crippen LogP contribution < -0.4 is 5.32 Å². The van der Waals surface area contributed by atoms with Gasteiger partial charge in [-0.05, 0) is 54.2 Å². The van der Waals surface area contributed by atoms with Crippen LogP contribution in [0.5, 0.6) is 0 Å². The molecule has 1 aliphatic rings. The number of carbonyl (C=O) groups excluding carboxylic acids is 3. The Morgan fingerprint density at radius 2 is 1.77 bits per heavy atom. The highest BCUT2D eigenvalue weighted by molar-refractivity contribution is 5.97. The van der Waals surface area contributed by atoms with E-state index in [4.69, 9.17) is 4.74 Å². The molecule has 1 aromatic heterocycles. The van der Waals surface area contributed by atoms with Gasteiger partial charge in [-0.15, -0.1) is 0 Å². The molecule has 0 bridgehead atoms. The number of nitrogens with one attached hydrogen (secondary N) is 2. The quantitative estimate of drug-likeness (QED) is 0.506. The van der Waals surface area contributed by atoms with Gasteiger partial charge in [-0.25, -0.2) is 9.18 Å². The van der Waals surface area contributed by atoms with Crippen molar-refractivity contribution >= 4 is 28.7 Å². The minimum Gasteiger partial charge on any atom is -0.454 e. The van der Waals surface area contributed by atoms with E-state index in [2.05, 4.69) is 24.1 Å². The molecule has 184 valence electrons. The maximum Gasteiger partial charge on any atom is 0.329 e. The van der Waals surface area contributed by atoms with Crippen LogP contribution in [0.3, 0.4) is 0 Å². The number of halogens is 1. The number of rotatable bonds is 7. The number of H-pyrrole nitrogens is 1. The lowest BCUT2D eigenvalue weighted by Gasteiger charge is -2.34. The summed E-state index contributed by atoms with van der Waals surface area (Å²) in [7, 11) is 0. The van der Waals surface area contributed by atoms with E-state index in [9.17, 15) is 18.8 Å². The van der Waals surface area contributed by atoms with Gasteiger partial charge in [0.05, 0.1) is 0 Å². The molecule has 7 nitrogen and oxygen atoms in total. The number of aromatic nitrogens is 1. The first kappa shape index (κ1) is 24.4. The van der Waals surface area contributed by atoms with Gasteiger partial charge in [0, 0.05) is 42.2 Å². The molecule has 1 saturated heterocycles. The van der Waals surface area contributed by atoms with Crippen molar-refractivity contribution in [2.24, 2.45) is 11.8 Å². The number of para-hydroxylation sites is 1. The highest BCUT2D eigenvalue weighted by Gasteiger charge is 2.29. The van der Waals surface area contributed by atoms with Crippen molar-refractivity contribution in [1.82, 2.24) is 15.2 Å². The number of aromatic amines is 1. The lowest BCUT2D eigenvalue weighted by atomic mass is 9.92. The Balaban J connectivity index is 1.47. The zero-order chi connectivity index (χ0) is 24.9. The number of piperidine rings is 1. The fourth-order valence-electron chi connectivity index (χ4n) is 4.75. The summed E-state index contributed by atoms with van der Waals surface area (Å²) in [4.78, 5) is 43.5. The second kappa shape index (κ2) is 10.7. The van der Waals surface area contributed by atoms with E-state index in [1.807, 2.05) is 24.3 Å². The molecule has 0 spiro atoms. The van der Waals surface area contributed by atoms with Crippen LogP contribution in [0.2, 0.25) is 0 Å². The Kier molecular flexibility index (Phi) is 7.48. The molecule has 2 N–H and O–H groups in total. The molecule has 2 heterocycles. The van der Waals surface area contributed by atoms with E-state index in [0.717, 1.165) is 22.9 Å². The smallest absolute Gasteiger partial charge is 0.329 e. The second-order valence-corrected chi connectivity index (χ2v) is 9.45. The van der Waals surface area contributed by atoms with Crippen molar-refractivity contribution in [1.29, 1.82) is 0 Å². The Morgan fingerprint density at radius 3 is 2.49 bits per heavy atom. The first-order valence-electron chi connectivity index (χ1n) is 11.9. The maximum absolute atomic E-state index is 13.3. The fourth-order valence-corrected chi connectivity index (χ4v) is 4.75. The van der Waals surface area contributed by atoms with E-state index in [1.54, 1.807) is 11.1 Å². The lowest BCUT2D eigenvalue weighted by molar-refractivity contribution is -0.154. The lowest BCUT2D eigenvalue weighted by Crippen LogP contribution is -2.47. The van der Waals surface area contributed by atoms with E-state index in [-0.39, 0.29) is 24.5 Å². The van der Waals surface area contributed by atoms with Gasteiger partial charge < -0.3 is 19.9 Å². The summed E-state index contributed by atoms with van der Waals surface area (Å²) >= 11 is 0. The summed E-state index contributed by atoms with van der Waals surface area (Å²) in [5.41, 5.74) is 1.95. The molecule has 0 radical (unpaired) electrons. The van der Waals surface area contributed by atoms with Gasteiger partial charge in [0.2, 0.25) is 0 Å². The van der Waals surface area contributed by atoms with E-state index in [1.165, 1.54) is 24.3 Å². The van der Waals surface area contributed by atoms with E-state index < -0.39 is 23.7 Å². The predicted molar refractivity (Wildman–Crippen MR) is 130 cm³/mol. The number of fused-ring (bicyclic) bond motifs is 1. The van der Waals surface area contributed by atoms with Gasteiger partial charge >= 0.3 is 5.97 Å². The number of hydrogen-bond donors (Lipinski definition) is 2. The standard InChI is InChI=1S/C27H30FN3O4/c1-17-11-18(2)15-31(14-17)25(32)16-35-27(34)24(30-26(33)19-7-9-21(28)10-8-19)12-20-13-29-23-6-4-3-5-22(20)23/h3-10,13,17-18,24,29H,11-12,14-16H2,1-2H3,(H,30,33)/t17-,18-,24+/m1/s1. The Hall–Kier alpha value is -3.68. The molecule has 0 aliphatic carbocycles. The van der Waals surface area contributed by atoms with Crippen molar-refractivity contribution in [2.75, 3.05) is 19.7 Å². The number of amides is 2. The van der Waals surface area contributed by atoms with Gasteiger partial charge in [0.25, 0.3) is 11.8 Å². The van der Waals surface area contributed by atoms with Crippen LogP contribution in [0.15, 0.2) is 54.7 Å². The summed E-state index contributed by atoms with van der Waals surface area (Å²) in [6, 6.07) is 11.7. The molecule has 3 aromatic rings. The van der Waals surface area contributed by atoms with Gasteiger partial charge in [-0.3, -0.25) is 9.59 Å². The van der Waals surface area contributed by atoms with Crippen LogP contribution in [0, 0.1) is 17.7 Å². The molecule has 0 saturated carbocycles. The average molecular weight is 480 g/mol. The van der Waals surface area contributed by atoms with Crippen LogP contribution in [-0.4, -0.2) is 53.4 Å². The first-order chi connectivity index (χ1) is 16.8. The summed E-state index contributed by atoms with van der Waals surface area (Å²) in [5.74, 6) is -1.15. The highest BCUT2D eigenvalue weighted by Crippen LogP contribution is 2.22. The fraction of sp³-hybridized carbons (Fsp3) is 0.370. The molecule has 2 amide bonds. The van der Waals surface area contributed by atoms with Crippen molar-refractivity contribution in [2.45, 2.75) is 32.7 Å². The third kappa shape index (κ3) is 6.07. The molecule has 0 unspecified atom stereocenters. The third-order valence-electron chi connectivity index (χ3n) is 6.35. The van der Waals surface area contributed by atoms with Crippen molar-refractivity contribution in [3.8, 4) is 0 Å². The monoisotopic (exact) mass is 479 g/mol. The molecule has 3 atom stereocenters. The Labute approximate surface area is 203 Å². The number of carbonyl (C=O) groups is 3. The normalized spacial score (nSPS) is 18.8. The molecule has 2 aromatic carbocycles. The van der Waals surface area contributed by atoms with Gasteiger partial charge in [-0.1, -0.05) is 32.0 Å². The Morgan fingerprint density at radius 1 is 1.09 bits per heavy atom. The molecule has 4 rings (SSSR count). The molecule has 35 heavy (non-hydrogen) atoms. The van der Waals surface area contributed by atoms with E-state index in [0.29, 0.717) is 24.9 Å². The largest absolute Gasteiger partial charge is 0.454 e. The van der Waals surface area contributed by atoms with Gasteiger partial charge in [0.15, 0.2) is 6.61 Å². The molecular formula is C27H30FN3O4. The summed E-state index contributed by atoms with van der Waals surface area (Å²) in [5, 5.41) is 3.62. The number of hydrogen-bond acceptors (Lipinski definition) is 4. The SMILES string of the molecule is C[C@@H]1C[C@@H](C)CN(C(=O)COC(=O)[C@H](Cc2c[nH]c3ccccc23)NC(=O)c2ccc(F)cc2)C1. The minimum atomic E-state index is -1.03. The minimum absolute atomic E-state index is 0.168. The van der Waals surface area contributed by atoms with Gasteiger partial charge in [-0.2, -0.15) is 0 Å².